The van der Waals surface area contributed by atoms with Crippen molar-refractivity contribution in [2.75, 3.05) is 6.54 Å². The van der Waals surface area contributed by atoms with E-state index >= 15 is 0 Å². The van der Waals surface area contributed by atoms with Crippen LogP contribution in [-0.4, -0.2) is 11.7 Å². The average molecular weight is 262 g/mol. The summed E-state index contributed by atoms with van der Waals surface area (Å²) in [6.07, 6.45) is 0.949. The van der Waals surface area contributed by atoms with Crippen molar-refractivity contribution in [2.24, 2.45) is 0 Å². The van der Waals surface area contributed by atoms with Crippen molar-refractivity contribution in [3.05, 3.63) is 64.7 Å². The second kappa shape index (κ2) is 6.43. The first-order valence-corrected chi connectivity index (χ1v) is 6.35. The first kappa shape index (κ1) is 12.9. The van der Waals surface area contributed by atoms with Gasteiger partial charge in [0.2, 0.25) is 0 Å². The molecule has 0 aliphatic carbocycles. The highest BCUT2D eigenvalue weighted by atomic mass is 35.5. The molecular formula is C15H16ClNO. The molecule has 0 aromatic heterocycles. The van der Waals surface area contributed by atoms with Crippen molar-refractivity contribution in [1.29, 1.82) is 0 Å². The van der Waals surface area contributed by atoms with Gasteiger partial charge in [0.1, 0.15) is 5.75 Å². The van der Waals surface area contributed by atoms with Gasteiger partial charge in [-0.15, -0.1) is 0 Å². The maximum atomic E-state index is 9.60. The lowest BCUT2D eigenvalue weighted by Gasteiger charge is -2.06. The number of aromatic hydroxyl groups is 1. The number of phenols is 1. The highest BCUT2D eigenvalue weighted by Gasteiger charge is 1.98. The summed E-state index contributed by atoms with van der Waals surface area (Å²) < 4.78 is 0. The molecule has 2 aromatic carbocycles. The molecule has 0 atom stereocenters. The largest absolute Gasteiger partial charge is 0.508 e. The summed E-state index contributed by atoms with van der Waals surface area (Å²) in [5.74, 6) is 0.344. The van der Waals surface area contributed by atoms with Crippen LogP contribution in [0.2, 0.25) is 5.02 Å². The Kier molecular flexibility index (Phi) is 4.62. The molecule has 0 heterocycles. The molecule has 94 valence electrons. The molecule has 2 N–H and O–H groups in total. The third kappa shape index (κ3) is 3.76. The second-order valence-electron chi connectivity index (χ2n) is 4.18. The van der Waals surface area contributed by atoms with Gasteiger partial charge in [-0.1, -0.05) is 41.9 Å². The highest BCUT2D eigenvalue weighted by Crippen LogP contribution is 2.15. The zero-order valence-corrected chi connectivity index (χ0v) is 10.8. The van der Waals surface area contributed by atoms with Gasteiger partial charge in [0, 0.05) is 17.1 Å². The lowest BCUT2D eigenvalue weighted by Crippen LogP contribution is -2.16. The third-order valence-corrected chi connectivity index (χ3v) is 3.06. The Balaban J connectivity index is 1.76. The summed E-state index contributed by atoms with van der Waals surface area (Å²) >= 11 is 5.83. The van der Waals surface area contributed by atoms with Gasteiger partial charge in [-0.3, -0.25) is 0 Å². The van der Waals surface area contributed by atoms with Crippen LogP contribution in [0, 0.1) is 0 Å². The Morgan fingerprint density at radius 2 is 1.72 bits per heavy atom. The summed E-state index contributed by atoms with van der Waals surface area (Å²) in [4.78, 5) is 0. The summed E-state index contributed by atoms with van der Waals surface area (Å²) in [5, 5.41) is 13.7. The lowest BCUT2D eigenvalue weighted by atomic mass is 10.1. The van der Waals surface area contributed by atoms with Gasteiger partial charge in [0.25, 0.3) is 0 Å². The van der Waals surface area contributed by atoms with E-state index in [0.717, 1.165) is 23.6 Å². The Morgan fingerprint density at radius 3 is 2.44 bits per heavy atom. The van der Waals surface area contributed by atoms with Crippen LogP contribution in [-0.2, 0) is 13.0 Å². The molecule has 18 heavy (non-hydrogen) atoms. The number of benzene rings is 2. The molecule has 0 spiro atoms. The van der Waals surface area contributed by atoms with E-state index in [1.54, 1.807) is 6.07 Å². The zero-order valence-electron chi connectivity index (χ0n) is 10.1. The SMILES string of the molecule is Oc1ccccc1CNCCc1ccc(Cl)cc1. The predicted octanol–water partition coefficient (Wildman–Crippen LogP) is 3.38. The average Bonchev–Trinajstić information content (AvgIpc) is 2.39. The summed E-state index contributed by atoms with van der Waals surface area (Å²) in [6.45, 7) is 1.55. The highest BCUT2D eigenvalue weighted by molar-refractivity contribution is 6.30. The third-order valence-electron chi connectivity index (χ3n) is 2.81. The van der Waals surface area contributed by atoms with Crippen LogP contribution >= 0.6 is 11.6 Å². The Labute approximate surface area is 112 Å². The molecule has 0 unspecified atom stereocenters. The van der Waals surface area contributed by atoms with Crippen LogP contribution in [0.1, 0.15) is 11.1 Å². The number of hydrogen-bond donors (Lipinski definition) is 2. The summed E-state index contributed by atoms with van der Waals surface area (Å²) in [6, 6.07) is 15.2. The standard InChI is InChI=1S/C15H16ClNO/c16-14-7-5-12(6-8-14)9-10-17-11-13-3-1-2-4-15(13)18/h1-8,17-18H,9-11H2. The molecule has 0 aliphatic heterocycles. The van der Waals surface area contributed by atoms with Crippen LogP contribution in [0.25, 0.3) is 0 Å². The monoisotopic (exact) mass is 261 g/mol. The number of hydrogen-bond acceptors (Lipinski definition) is 2. The molecule has 0 amide bonds. The minimum absolute atomic E-state index is 0.344. The van der Waals surface area contributed by atoms with E-state index in [9.17, 15) is 5.11 Å². The first-order valence-electron chi connectivity index (χ1n) is 5.98. The molecular weight excluding hydrogens is 246 g/mol. The Morgan fingerprint density at radius 1 is 1.00 bits per heavy atom. The van der Waals surface area contributed by atoms with Crippen molar-refractivity contribution in [2.45, 2.75) is 13.0 Å². The molecule has 0 bridgehead atoms. The Bertz CT molecular complexity index is 496. The van der Waals surface area contributed by atoms with Gasteiger partial charge < -0.3 is 10.4 Å². The summed E-state index contributed by atoms with van der Waals surface area (Å²) in [7, 11) is 0. The van der Waals surface area contributed by atoms with Gasteiger partial charge >= 0.3 is 0 Å². The first-order chi connectivity index (χ1) is 8.75. The molecule has 2 nitrogen and oxygen atoms in total. The van der Waals surface area contributed by atoms with Crippen LogP contribution in [0.3, 0.4) is 0 Å². The van der Waals surface area contributed by atoms with Crippen LogP contribution in [0.5, 0.6) is 5.75 Å². The fourth-order valence-electron chi connectivity index (χ4n) is 1.77. The van der Waals surface area contributed by atoms with Crippen molar-refractivity contribution in [3.63, 3.8) is 0 Å². The van der Waals surface area contributed by atoms with Crippen molar-refractivity contribution in [1.82, 2.24) is 5.32 Å². The number of nitrogens with one attached hydrogen (secondary N) is 1. The summed E-state index contributed by atoms with van der Waals surface area (Å²) in [5.41, 5.74) is 2.18. The topological polar surface area (TPSA) is 32.3 Å². The van der Waals surface area contributed by atoms with E-state index in [4.69, 9.17) is 11.6 Å². The Hall–Kier alpha value is -1.51. The van der Waals surface area contributed by atoms with Gasteiger partial charge in [-0.2, -0.15) is 0 Å². The second-order valence-corrected chi connectivity index (χ2v) is 4.62. The molecule has 0 saturated heterocycles. The van der Waals surface area contributed by atoms with Crippen LogP contribution < -0.4 is 5.32 Å². The van der Waals surface area contributed by atoms with E-state index in [-0.39, 0.29) is 0 Å². The molecule has 2 aromatic rings. The van der Waals surface area contributed by atoms with E-state index in [1.165, 1.54) is 5.56 Å². The van der Waals surface area contributed by atoms with E-state index in [2.05, 4.69) is 5.32 Å². The normalized spacial score (nSPS) is 10.5. The van der Waals surface area contributed by atoms with Gasteiger partial charge in [-0.05, 0) is 36.7 Å². The van der Waals surface area contributed by atoms with Crippen molar-refractivity contribution < 1.29 is 5.11 Å². The van der Waals surface area contributed by atoms with Crippen molar-refractivity contribution >= 4 is 11.6 Å². The minimum Gasteiger partial charge on any atom is -0.508 e. The quantitative estimate of drug-likeness (QED) is 0.809. The molecule has 0 radical (unpaired) electrons. The van der Waals surface area contributed by atoms with Crippen LogP contribution in [0.15, 0.2) is 48.5 Å². The maximum absolute atomic E-state index is 9.60. The number of para-hydroxylation sites is 1. The predicted molar refractivity (Wildman–Crippen MR) is 75.0 cm³/mol. The molecule has 0 aliphatic rings. The maximum Gasteiger partial charge on any atom is 0.120 e. The molecule has 3 heteroatoms. The number of phenolic OH excluding ortho intramolecular Hbond substituents is 1. The molecule has 2 rings (SSSR count). The van der Waals surface area contributed by atoms with E-state index < -0.39 is 0 Å². The van der Waals surface area contributed by atoms with Gasteiger partial charge in [-0.25, -0.2) is 0 Å². The van der Waals surface area contributed by atoms with E-state index in [0.29, 0.717) is 12.3 Å². The lowest BCUT2D eigenvalue weighted by molar-refractivity contribution is 0.464. The number of rotatable bonds is 5. The molecule has 0 fully saturated rings. The fourth-order valence-corrected chi connectivity index (χ4v) is 1.89. The number of halogens is 1. The van der Waals surface area contributed by atoms with Crippen LogP contribution in [0.4, 0.5) is 0 Å². The van der Waals surface area contributed by atoms with Gasteiger partial charge in [0.05, 0.1) is 0 Å². The molecule has 0 saturated carbocycles. The van der Waals surface area contributed by atoms with E-state index in [1.807, 2.05) is 42.5 Å². The fraction of sp³-hybridized carbons (Fsp3) is 0.200. The smallest absolute Gasteiger partial charge is 0.120 e. The van der Waals surface area contributed by atoms with Crippen molar-refractivity contribution in [3.8, 4) is 5.75 Å². The minimum atomic E-state index is 0.344. The van der Waals surface area contributed by atoms with Gasteiger partial charge in [0.15, 0.2) is 0 Å². The zero-order chi connectivity index (χ0) is 12.8.